The zero-order chi connectivity index (χ0) is 19.9. The maximum atomic E-state index is 13.3. The Morgan fingerprint density at radius 2 is 2.19 bits per heavy atom. The Labute approximate surface area is 162 Å². The Bertz CT molecular complexity index is 948. The summed E-state index contributed by atoms with van der Waals surface area (Å²) in [5.74, 6) is -0.466. The number of rotatable bonds is 8. The highest BCUT2D eigenvalue weighted by Gasteiger charge is 2.18. The van der Waals surface area contributed by atoms with Gasteiger partial charge in [-0.15, -0.1) is 0 Å². The third kappa shape index (κ3) is 5.97. The lowest BCUT2D eigenvalue weighted by Gasteiger charge is -2.08. The summed E-state index contributed by atoms with van der Waals surface area (Å²) in [6.45, 7) is 1.61. The lowest BCUT2D eigenvalue weighted by atomic mass is 10.3. The van der Waals surface area contributed by atoms with Crippen LogP contribution >= 0.6 is 15.9 Å². The predicted molar refractivity (Wildman–Crippen MR) is 99.9 cm³/mol. The lowest BCUT2D eigenvalue weighted by Crippen LogP contribution is -2.28. The molecule has 0 amide bonds. The van der Waals surface area contributed by atoms with Crippen LogP contribution in [0.15, 0.2) is 36.9 Å². The first-order chi connectivity index (χ1) is 12.9. The molecule has 27 heavy (non-hydrogen) atoms. The molecule has 11 nitrogen and oxygen atoms in total. The number of oxime groups is 1. The maximum absolute atomic E-state index is 13.3. The molecular weight excluding hydrogens is 449 g/mol. The second-order valence-electron chi connectivity index (χ2n) is 4.82. The van der Waals surface area contributed by atoms with E-state index >= 15 is 0 Å². The fourth-order valence-electron chi connectivity index (χ4n) is 1.84. The summed E-state index contributed by atoms with van der Waals surface area (Å²) < 4.78 is 46.4. The lowest BCUT2D eigenvalue weighted by molar-refractivity contribution is 0.305. The Kier molecular flexibility index (Phi) is 7.20. The van der Waals surface area contributed by atoms with Crippen molar-refractivity contribution in [3.05, 3.63) is 34.2 Å². The van der Waals surface area contributed by atoms with Gasteiger partial charge in [-0.2, -0.15) is 17.5 Å². The van der Waals surface area contributed by atoms with E-state index in [0.29, 0.717) is 5.69 Å². The van der Waals surface area contributed by atoms with Crippen LogP contribution in [0.5, 0.6) is 0 Å². The van der Waals surface area contributed by atoms with E-state index in [1.165, 1.54) is 25.1 Å². The number of amidine groups is 1. The van der Waals surface area contributed by atoms with Crippen molar-refractivity contribution in [3.63, 3.8) is 0 Å². The van der Waals surface area contributed by atoms with Crippen molar-refractivity contribution in [2.45, 2.75) is 6.92 Å². The summed E-state index contributed by atoms with van der Waals surface area (Å²) in [5, 5.41) is 25.1. The van der Waals surface area contributed by atoms with Crippen LogP contribution in [-0.4, -0.2) is 49.1 Å². The number of hydrogen-bond acceptors (Lipinski definition) is 8. The first-order valence-corrected chi connectivity index (χ1v) is 9.60. The largest absolute Gasteiger partial charge is 0.409 e. The molecule has 2 aromatic rings. The van der Waals surface area contributed by atoms with Gasteiger partial charge < -0.3 is 15.8 Å². The molecule has 1 aromatic heterocycles. The molecule has 0 aliphatic carbocycles. The van der Waals surface area contributed by atoms with Gasteiger partial charge in [0.1, 0.15) is 5.82 Å². The Morgan fingerprint density at radius 1 is 1.41 bits per heavy atom. The highest BCUT2D eigenvalue weighted by molar-refractivity contribution is 9.10. The van der Waals surface area contributed by atoms with Crippen molar-refractivity contribution >= 4 is 49.7 Å². The average molecular weight is 464 g/mol. The third-order valence-electron chi connectivity index (χ3n) is 2.94. The quantitative estimate of drug-likeness (QED) is 0.151. The van der Waals surface area contributed by atoms with E-state index in [2.05, 4.69) is 55.8 Å². The Balaban J connectivity index is 2.02. The van der Waals surface area contributed by atoms with Crippen molar-refractivity contribution in [2.75, 3.05) is 23.7 Å². The van der Waals surface area contributed by atoms with Crippen LogP contribution in [-0.2, 0) is 10.2 Å². The molecule has 1 aromatic carbocycles. The molecule has 0 aliphatic rings. The maximum Gasteiger partial charge on any atom is 0.319 e. The topological polar surface area (TPSA) is 154 Å². The molecule has 14 heteroatoms. The molecule has 0 saturated heterocycles. The van der Waals surface area contributed by atoms with Crippen LogP contribution in [0.1, 0.15) is 12.6 Å². The van der Waals surface area contributed by atoms with E-state index in [4.69, 9.17) is 0 Å². The smallest absolute Gasteiger partial charge is 0.319 e. The summed E-state index contributed by atoms with van der Waals surface area (Å²) in [6.07, 6.45) is 1.15. The van der Waals surface area contributed by atoms with E-state index in [1.807, 2.05) is 0 Å². The van der Waals surface area contributed by atoms with Crippen LogP contribution in [0.4, 0.5) is 15.9 Å². The van der Waals surface area contributed by atoms with E-state index in [1.54, 1.807) is 0 Å². The van der Waals surface area contributed by atoms with Crippen LogP contribution in [0.2, 0.25) is 0 Å². The number of benzene rings is 1. The highest BCUT2D eigenvalue weighted by Crippen LogP contribution is 2.21. The summed E-state index contributed by atoms with van der Waals surface area (Å²) in [5.41, 5.74) is 0.447. The molecule has 0 unspecified atom stereocenters. The fraction of sp³-hybridized carbons (Fsp3) is 0.231. The molecule has 2 rings (SSSR count). The van der Waals surface area contributed by atoms with Gasteiger partial charge in [-0.1, -0.05) is 5.16 Å². The molecular formula is C13H15BrFN7O4S. The molecule has 4 N–H and O–H groups in total. The van der Waals surface area contributed by atoms with Crippen LogP contribution in [0.25, 0.3) is 0 Å². The van der Waals surface area contributed by atoms with Gasteiger partial charge in [0.25, 0.3) is 0 Å². The van der Waals surface area contributed by atoms with Gasteiger partial charge in [0.15, 0.2) is 5.69 Å². The van der Waals surface area contributed by atoms with Crippen molar-refractivity contribution in [1.29, 1.82) is 0 Å². The van der Waals surface area contributed by atoms with E-state index in [-0.39, 0.29) is 34.9 Å². The molecule has 0 aliphatic heterocycles. The van der Waals surface area contributed by atoms with E-state index in [9.17, 15) is 18.0 Å². The van der Waals surface area contributed by atoms with Crippen molar-refractivity contribution in [3.8, 4) is 0 Å². The monoisotopic (exact) mass is 463 g/mol. The minimum Gasteiger partial charge on any atom is -0.409 e. The molecule has 0 fully saturated rings. The molecule has 1 heterocycles. The summed E-state index contributed by atoms with van der Waals surface area (Å²) in [6, 6.07) is 4.07. The SMILES string of the molecule is C/C=N/S(=O)(=O)NCCNc1nonc1/C(=N/O)Nc1ccc(F)c(Br)c1. The van der Waals surface area contributed by atoms with Crippen molar-refractivity contribution < 1.29 is 22.6 Å². The van der Waals surface area contributed by atoms with Crippen LogP contribution in [0.3, 0.4) is 0 Å². The summed E-state index contributed by atoms with van der Waals surface area (Å²) in [7, 11) is -3.74. The van der Waals surface area contributed by atoms with Gasteiger partial charge in [-0.25, -0.2) is 9.02 Å². The number of nitrogens with zero attached hydrogens (tertiary/aromatic N) is 4. The first-order valence-electron chi connectivity index (χ1n) is 7.36. The highest BCUT2D eigenvalue weighted by atomic mass is 79.9. The average Bonchev–Trinajstić information content (AvgIpc) is 3.08. The number of nitrogens with one attached hydrogen (secondary N) is 3. The number of halogens is 2. The number of aromatic nitrogens is 2. The fourth-order valence-corrected chi connectivity index (χ4v) is 2.93. The van der Waals surface area contributed by atoms with Gasteiger partial charge >= 0.3 is 10.2 Å². The van der Waals surface area contributed by atoms with Crippen molar-refractivity contribution in [1.82, 2.24) is 15.0 Å². The zero-order valence-corrected chi connectivity index (χ0v) is 16.3. The van der Waals surface area contributed by atoms with E-state index < -0.39 is 16.0 Å². The molecule has 0 saturated carbocycles. The molecule has 0 bridgehead atoms. The molecule has 0 radical (unpaired) electrons. The summed E-state index contributed by atoms with van der Waals surface area (Å²) in [4.78, 5) is 0. The Morgan fingerprint density at radius 3 is 2.85 bits per heavy atom. The number of hydrogen-bond donors (Lipinski definition) is 4. The second kappa shape index (κ2) is 9.38. The van der Waals surface area contributed by atoms with Gasteiger partial charge in [-0.3, -0.25) is 0 Å². The van der Waals surface area contributed by atoms with Crippen LogP contribution in [0, 0.1) is 5.82 Å². The summed E-state index contributed by atoms with van der Waals surface area (Å²) >= 11 is 3.05. The standard InChI is InChI=1S/C13H15BrFN7O4S/c1-2-17-27(24,25)18-6-5-16-12-11(21-26-22-12)13(20-23)19-8-3-4-10(15)9(14)7-8/h2-4,7,18,23H,5-6H2,1H3,(H,16,22)(H,19,20)/b17-2+. The van der Waals surface area contributed by atoms with Crippen molar-refractivity contribution in [2.24, 2.45) is 9.55 Å². The second-order valence-corrected chi connectivity index (χ2v) is 7.13. The van der Waals surface area contributed by atoms with Gasteiger partial charge in [0.2, 0.25) is 11.7 Å². The van der Waals surface area contributed by atoms with Crippen LogP contribution < -0.4 is 15.4 Å². The zero-order valence-electron chi connectivity index (χ0n) is 13.8. The minimum atomic E-state index is -3.74. The predicted octanol–water partition coefficient (Wildman–Crippen LogP) is 1.56. The number of anilines is 2. The minimum absolute atomic E-state index is 0.00983. The molecule has 0 atom stereocenters. The first kappa shape index (κ1) is 20.7. The third-order valence-corrected chi connectivity index (χ3v) is 4.61. The molecule has 0 spiro atoms. The van der Waals surface area contributed by atoms with Gasteiger partial charge in [0.05, 0.1) is 4.47 Å². The molecule has 146 valence electrons. The van der Waals surface area contributed by atoms with E-state index in [0.717, 1.165) is 6.21 Å². The van der Waals surface area contributed by atoms with Gasteiger partial charge in [0, 0.05) is 25.0 Å². The normalized spacial score (nSPS) is 12.5. The van der Waals surface area contributed by atoms with Gasteiger partial charge in [-0.05, 0) is 51.4 Å². The Hall–Kier alpha value is -2.58.